The molecule has 8 nitrogen and oxygen atoms in total. The second kappa shape index (κ2) is 5.92. The van der Waals surface area contributed by atoms with Crippen molar-refractivity contribution in [3.63, 3.8) is 0 Å². The van der Waals surface area contributed by atoms with Crippen LogP contribution in [0.15, 0.2) is 6.07 Å². The zero-order valence-corrected chi connectivity index (χ0v) is 10.1. The highest BCUT2D eigenvalue weighted by Crippen LogP contribution is 2.04. The van der Waals surface area contributed by atoms with Gasteiger partial charge in [0.15, 0.2) is 0 Å². The van der Waals surface area contributed by atoms with E-state index in [0.717, 1.165) is 0 Å². The lowest BCUT2D eigenvalue weighted by atomic mass is 10.3. The first-order chi connectivity index (χ1) is 8.36. The van der Waals surface area contributed by atoms with E-state index < -0.39 is 11.8 Å². The Hall–Kier alpha value is -2.22. The lowest BCUT2D eigenvalue weighted by Gasteiger charge is -2.18. The molecule has 0 aliphatic rings. The number of aryl methyl sites for hydroxylation is 1. The Morgan fingerprint density at radius 3 is 2.22 bits per heavy atom. The van der Waals surface area contributed by atoms with Gasteiger partial charge in [0.05, 0.1) is 19.6 Å². The molecule has 1 aromatic rings. The molecule has 0 bridgehead atoms. The number of anilines is 1. The Bertz CT molecular complexity index is 425. The van der Waals surface area contributed by atoms with Crippen LogP contribution < -0.4 is 17.2 Å². The van der Waals surface area contributed by atoms with E-state index in [4.69, 9.17) is 17.2 Å². The van der Waals surface area contributed by atoms with Crippen molar-refractivity contribution in [1.29, 1.82) is 0 Å². The van der Waals surface area contributed by atoms with Gasteiger partial charge in [-0.2, -0.15) is 0 Å². The minimum Gasteiger partial charge on any atom is -0.384 e. The summed E-state index contributed by atoms with van der Waals surface area (Å²) in [5.74, 6) is -0.376. The van der Waals surface area contributed by atoms with E-state index in [2.05, 4.69) is 9.97 Å². The van der Waals surface area contributed by atoms with Gasteiger partial charge in [-0.15, -0.1) is 0 Å². The minimum absolute atomic E-state index is 0.0971. The highest BCUT2D eigenvalue weighted by atomic mass is 16.2. The van der Waals surface area contributed by atoms with Gasteiger partial charge in [0.1, 0.15) is 11.6 Å². The van der Waals surface area contributed by atoms with Crippen LogP contribution in [0, 0.1) is 6.92 Å². The molecule has 18 heavy (non-hydrogen) atoms. The molecular weight excluding hydrogens is 236 g/mol. The first-order valence-corrected chi connectivity index (χ1v) is 5.26. The fraction of sp³-hybridized carbons (Fsp3) is 0.400. The van der Waals surface area contributed by atoms with Crippen molar-refractivity contribution in [2.75, 3.05) is 18.8 Å². The highest BCUT2D eigenvalue weighted by molar-refractivity contribution is 5.79. The Morgan fingerprint density at radius 1 is 1.22 bits per heavy atom. The van der Waals surface area contributed by atoms with Crippen LogP contribution in [0.25, 0.3) is 0 Å². The second-order valence-electron chi connectivity index (χ2n) is 3.93. The van der Waals surface area contributed by atoms with Gasteiger partial charge in [-0.1, -0.05) is 0 Å². The molecule has 0 radical (unpaired) electrons. The summed E-state index contributed by atoms with van der Waals surface area (Å²) >= 11 is 0. The smallest absolute Gasteiger partial charge is 0.231 e. The van der Waals surface area contributed by atoms with Gasteiger partial charge in [-0.05, 0) is 6.92 Å². The number of nitrogens with two attached hydrogens (primary N) is 3. The number of nitrogen functional groups attached to an aromatic ring is 1. The predicted molar refractivity (Wildman–Crippen MR) is 64.8 cm³/mol. The molecule has 2 amide bonds. The standard InChI is InChI=1S/C10H16N6O2/c1-6-2-7(11)15-10(14-6)5-16(3-8(12)17)4-9(13)18/h2H,3-5H2,1H3,(H2,12,17)(H2,13,18)(H2,11,14,15). The van der Waals surface area contributed by atoms with Crippen LogP contribution >= 0.6 is 0 Å². The first-order valence-electron chi connectivity index (χ1n) is 5.26. The maximum absolute atomic E-state index is 10.9. The summed E-state index contributed by atoms with van der Waals surface area (Å²) < 4.78 is 0. The van der Waals surface area contributed by atoms with E-state index in [1.807, 2.05) is 0 Å². The van der Waals surface area contributed by atoms with Crippen LogP contribution in [0.2, 0.25) is 0 Å². The van der Waals surface area contributed by atoms with Crippen LogP contribution in [-0.2, 0) is 16.1 Å². The molecule has 98 valence electrons. The zero-order valence-electron chi connectivity index (χ0n) is 10.1. The van der Waals surface area contributed by atoms with E-state index in [9.17, 15) is 9.59 Å². The molecule has 0 saturated heterocycles. The van der Waals surface area contributed by atoms with E-state index >= 15 is 0 Å². The zero-order chi connectivity index (χ0) is 13.7. The number of hydrogen-bond donors (Lipinski definition) is 3. The number of primary amides is 2. The van der Waals surface area contributed by atoms with Gasteiger partial charge in [0, 0.05) is 11.8 Å². The molecule has 6 N–H and O–H groups in total. The van der Waals surface area contributed by atoms with Crippen LogP contribution in [0.1, 0.15) is 11.5 Å². The molecule has 1 heterocycles. The number of carbonyl (C=O) groups excluding carboxylic acids is 2. The monoisotopic (exact) mass is 252 g/mol. The lowest BCUT2D eigenvalue weighted by molar-refractivity contribution is -0.122. The molecule has 0 aromatic carbocycles. The predicted octanol–water partition coefficient (Wildman–Crippen LogP) is -1.86. The highest BCUT2D eigenvalue weighted by Gasteiger charge is 2.13. The third-order valence-corrected chi connectivity index (χ3v) is 2.04. The SMILES string of the molecule is Cc1cc(N)nc(CN(CC(N)=O)CC(N)=O)n1. The summed E-state index contributed by atoms with van der Waals surface area (Å²) in [5, 5.41) is 0. The van der Waals surface area contributed by atoms with E-state index in [-0.39, 0.29) is 19.6 Å². The summed E-state index contributed by atoms with van der Waals surface area (Å²) in [4.78, 5) is 31.4. The van der Waals surface area contributed by atoms with Crippen molar-refractivity contribution in [3.8, 4) is 0 Å². The third-order valence-electron chi connectivity index (χ3n) is 2.04. The largest absolute Gasteiger partial charge is 0.384 e. The molecule has 0 saturated carbocycles. The Balaban J connectivity index is 2.80. The first kappa shape index (κ1) is 13.8. The van der Waals surface area contributed by atoms with Crippen LogP contribution in [-0.4, -0.2) is 39.8 Å². The van der Waals surface area contributed by atoms with Crippen molar-refractivity contribution in [3.05, 3.63) is 17.6 Å². The number of hydrogen-bond acceptors (Lipinski definition) is 6. The van der Waals surface area contributed by atoms with Crippen LogP contribution in [0.4, 0.5) is 5.82 Å². The van der Waals surface area contributed by atoms with Gasteiger partial charge in [0.2, 0.25) is 11.8 Å². The van der Waals surface area contributed by atoms with Gasteiger partial charge in [-0.3, -0.25) is 14.5 Å². The molecule has 1 rings (SSSR count). The van der Waals surface area contributed by atoms with Crippen molar-refractivity contribution in [2.45, 2.75) is 13.5 Å². The van der Waals surface area contributed by atoms with Crippen LogP contribution in [0.5, 0.6) is 0 Å². The van der Waals surface area contributed by atoms with Gasteiger partial charge < -0.3 is 17.2 Å². The molecule has 8 heteroatoms. The summed E-state index contributed by atoms with van der Waals surface area (Å²) in [6.45, 7) is 1.76. The molecule has 0 unspecified atom stereocenters. The summed E-state index contributed by atoms with van der Waals surface area (Å²) in [7, 11) is 0. The van der Waals surface area contributed by atoms with E-state index in [0.29, 0.717) is 17.3 Å². The summed E-state index contributed by atoms with van der Waals surface area (Å²) in [6.07, 6.45) is 0. The third kappa shape index (κ3) is 4.74. The topological polar surface area (TPSA) is 141 Å². The quantitative estimate of drug-likeness (QED) is 0.542. The van der Waals surface area contributed by atoms with Crippen LogP contribution in [0.3, 0.4) is 0 Å². The van der Waals surface area contributed by atoms with Gasteiger partial charge in [0.25, 0.3) is 0 Å². The average molecular weight is 252 g/mol. The Kier molecular flexibility index (Phi) is 4.55. The van der Waals surface area contributed by atoms with Gasteiger partial charge in [-0.25, -0.2) is 9.97 Å². The van der Waals surface area contributed by atoms with Crippen molar-refractivity contribution >= 4 is 17.6 Å². The normalized spacial score (nSPS) is 10.6. The molecule has 0 aliphatic heterocycles. The fourth-order valence-electron chi connectivity index (χ4n) is 1.54. The molecule has 0 atom stereocenters. The van der Waals surface area contributed by atoms with Crippen molar-refractivity contribution in [1.82, 2.24) is 14.9 Å². The maximum Gasteiger partial charge on any atom is 0.231 e. The molecule has 1 aromatic heterocycles. The van der Waals surface area contributed by atoms with E-state index in [1.54, 1.807) is 13.0 Å². The second-order valence-corrected chi connectivity index (χ2v) is 3.93. The maximum atomic E-state index is 10.9. The number of amides is 2. The minimum atomic E-state index is -0.558. The van der Waals surface area contributed by atoms with Crippen molar-refractivity contribution in [2.24, 2.45) is 11.5 Å². The Labute approximate surface area is 104 Å². The molecule has 0 spiro atoms. The molecule has 0 aliphatic carbocycles. The molecule has 0 fully saturated rings. The van der Waals surface area contributed by atoms with Crippen molar-refractivity contribution < 1.29 is 9.59 Å². The number of nitrogens with zero attached hydrogens (tertiary/aromatic N) is 3. The number of carbonyl (C=O) groups is 2. The number of rotatable bonds is 6. The Morgan fingerprint density at radius 2 is 1.78 bits per heavy atom. The summed E-state index contributed by atoms with van der Waals surface area (Å²) in [6, 6.07) is 1.62. The fourth-order valence-corrected chi connectivity index (χ4v) is 1.54. The number of aromatic nitrogens is 2. The average Bonchev–Trinajstić information content (AvgIpc) is 2.12. The summed E-state index contributed by atoms with van der Waals surface area (Å²) in [5.41, 5.74) is 16.5. The van der Waals surface area contributed by atoms with Gasteiger partial charge >= 0.3 is 0 Å². The molecular formula is C10H16N6O2. The van der Waals surface area contributed by atoms with E-state index in [1.165, 1.54) is 4.90 Å². The lowest BCUT2D eigenvalue weighted by Crippen LogP contribution is -2.39.